The third kappa shape index (κ3) is 5.62. The molecule has 0 radical (unpaired) electrons. The highest BCUT2D eigenvalue weighted by molar-refractivity contribution is 5.89. The number of esters is 1. The molecule has 0 saturated heterocycles. The second-order valence-corrected chi connectivity index (χ2v) is 6.85. The molecule has 2 aromatic rings. The van der Waals surface area contributed by atoms with Gasteiger partial charge in [0.25, 0.3) is 0 Å². The van der Waals surface area contributed by atoms with Crippen molar-refractivity contribution in [2.75, 3.05) is 13.7 Å². The molecule has 0 saturated carbocycles. The average Bonchev–Trinajstić information content (AvgIpc) is 2.60. The molecule has 0 spiro atoms. The zero-order chi connectivity index (χ0) is 19.2. The lowest BCUT2D eigenvalue weighted by atomic mass is 10.1. The van der Waals surface area contributed by atoms with Crippen molar-refractivity contribution in [1.82, 2.24) is 0 Å². The van der Waals surface area contributed by atoms with Gasteiger partial charge in [0.1, 0.15) is 17.1 Å². The van der Waals surface area contributed by atoms with Crippen LogP contribution in [0.5, 0.6) is 11.5 Å². The molecule has 0 aliphatic heterocycles. The van der Waals surface area contributed by atoms with Gasteiger partial charge < -0.3 is 19.6 Å². The maximum atomic E-state index is 12.1. The highest BCUT2D eigenvalue weighted by Crippen LogP contribution is 2.20. The molecule has 5 heteroatoms. The third-order valence-electron chi connectivity index (χ3n) is 3.59. The molecule has 2 aromatic carbocycles. The zero-order valence-electron chi connectivity index (χ0n) is 15.7. The van der Waals surface area contributed by atoms with Crippen molar-refractivity contribution in [1.29, 1.82) is 5.41 Å². The van der Waals surface area contributed by atoms with Gasteiger partial charge in [-0.2, -0.15) is 0 Å². The Bertz CT molecular complexity index is 761. The molecule has 0 aliphatic carbocycles. The molecule has 5 nitrogen and oxygen atoms in total. The van der Waals surface area contributed by atoms with Crippen LogP contribution >= 0.6 is 0 Å². The van der Waals surface area contributed by atoms with Crippen LogP contribution < -0.4 is 9.47 Å². The molecule has 0 aromatic heterocycles. The van der Waals surface area contributed by atoms with Crippen LogP contribution in [0.1, 0.15) is 42.3 Å². The van der Waals surface area contributed by atoms with Gasteiger partial charge in [-0.15, -0.1) is 0 Å². The molecule has 1 N–H and O–H groups in total. The first-order valence-electron chi connectivity index (χ1n) is 8.46. The summed E-state index contributed by atoms with van der Waals surface area (Å²) >= 11 is 0. The normalized spacial score (nSPS) is 10.9. The fourth-order valence-corrected chi connectivity index (χ4v) is 2.41. The van der Waals surface area contributed by atoms with E-state index in [1.54, 1.807) is 31.4 Å². The van der Waals surface area contributed by atoms with Crippen LogP contribution in [0.4, 0.5) is 0 Å². The van der Waals surface area contributed by atoms with Crippen molar-refractivity contribution in [2.24, 2.45) is 0 Å². The van der Waals surface area contributed by atoms with Crippen molar-refractivity contribution < 1.29 is 19.0 Å². The van der Waals surface area contributed by atoms with Gasteiger partial charge in [-0.25, -0.2) is 4.79 Å². The molecule has 26 heavy (non-hydrogen) atoms. The smallest absolute Gasteiger partial charge is 0.338 e. The van der Waals surface area contributed by atoms with Gasteiger partial charge in [-0.3, -0.25) is 0 Å². The van der Waals surface area contributed by atoms with Crippen LogP contribution in [0.15, 0.2) is 42.5 Å². The van der Waals surface area contributed by atoms with Gasteiger partial charge in [-0.1, -0.05) is 6.07 Å². The van der Waals surface area contributed by atoms with Crippen LogP contribution in [0.3, 0.4) is 0 Å². The molecule has 0 bridgehead atoms. The Morgan fingerprint density at radius 2 is 1.81 bits per heavy atom. The highest BCUT2D eigenvalue weighted by Gasteiger charge is 2.13. The van der Waals surface area contributed by atoms with Gasteiger partial charge in [0.2, 0.25) is 0 Å². The lowest BCUT2D eigenvalue weighted by Gasteiger charge is -2.21. The Balaban J connectivity index is 1.89. The Hall–Kier alpha value is -2.82. The third-order valence-corrected chi connectivity index (χ3v) is 3.59. The fourth-order valence-electron chi connectivity index (χ4n) is 2.41. The summed E-state index contributed by atoms with van der Waals surface area (Å²) in [5.74, 6) is 0.998. The number of benzene rings is 2. The predicted octanol–water partition coefficient (Wildman–Crippen LogP) is 4.27. The van der Waals surface area contributed by atoms with Crippen LogP contribution in [-0.2, 0) is 11.2 Å². The predicted molar refractivity (Wildman–Crippen MR) is 102 cm³/mol. The largest absolute Gasteiger partial charge is 0.496 e. The topological polar surface area (TPSA) is 68.6 Å². The van der Waals surface area contributed by atoms with E-state index in [1.807, 2.05) is 39.0 Å². The van der Waals surface area contributed by atoms with Crippen molar-refractivity contribution in [3.63, 3.8) is 0 Å². The maximum Gasteiger partial charge on any atom is 0.338 e. The van der Waals surface area contributed by atoms with Gasteiger partial charge in [0.15, 0.2) is 0 Å². The molecule has 2 rings (SSSR count). The summed E-state index contributed by atoms with van der Waals surface area (Å²) in [7, 11) is 1.57. The minimum Gasteiger partial charge on any atom is -0.496 e. The fraction of sp³-hybridized carbons (Fsp3) is 0.333. The van der Waals surface area contributed by atoms with Gasteiger partial charge >= 0.3 is 5.97 Å². The minimum absolute atomic E-state index is 0.267. The Kier molecular flexibility index (Phi) is 6.39. The van der Waals surface area contributed by atoms with E-state index in [4.69, 9.17) is 19.6 Å². The quantitative estimate of drug-likeness (QED) is 0.595. The van der Waals surface area contributed by atoms with E-state index < -0.39 is 0 Å². The number of hydrogen-bond donors (Lipinski definition) is 1. The number of ether oxygens (including phenoxy) is 3. The highest BCUT2D eigenvalue weighted by atomic mass is 16.5. The number of carbonyl (C=O) groups excluding carboxylic acids is 1. The first-order valence-corrected chi connectivity index (χ1v) is 8.46. The first-order chi connectivity index (χ1) is 12.3. The minimum atomic E-state index is -0.368. The summed E-state index contributed by atoms with van der Waals surface area (Å²) in [6.45, 7) is 6.18. The van der Waals surface area contributed by atoms with Gasteiger partial charge in [-0.05, 0) is 62.7 Å². The molecule has 0 aliphatic rings. The molecule has 0 unspecified atom stereocenters. The van der Waals surface area contributed by atoms with E-state index in [9.17, 15) is 4.79 Å². The SMILES string of the molecule is COc1ccc(CCOC(=O)c2ccc(OC(C)(C)C)cc2)cc1C=N. The Morgan fingerprint density at radius 3 is 2.38 bits per heavy atom. The standard InChI is InChI=1S/C21H25NO4/c1-21(2,3)26-18-8-6-16(7-9-18)20(23)25-12-11-15-5-10-19(24-4)17(13-15)14-22/h5-10,13-14,22H,11-12H2,1-4H3. The number of nitrogens with one attached hydrogen (secondary N) is 1. The summed E-state index contributed by atoms with van der Waals surface area (Å²) in [6.07, 6.45) is 1.82. The number of hydrogen-bond acceptors (Lipinski definition) is 5. The molecule has 138 valence electrons. The van der Waals surface area contributed by atoms with Crippen LogP contribution in [0, 0.1) is 5.41 Å². The van der Waals surface area contributed by atoms with Crippen LogP contribution in [0.2, 0.25) is 0 Å². The molecule has 0 fully saturated rings. The van der Waals surface area contributed by atoms with Crippen molar-refractivity contribution >= 4 is 12.2 Å². The average molecular weight is 355 g/mol. The number of rotatable bonds is 7. The molecular formula is C21H25NO4. The lowest BCUT2D eigenvalue weighted by molar-refractivity contribution is 0.0509. The second kappa shape index (κ2) is 8.52. The Labute approximate surface area is 154 Å². The molecule has 0 heterocycles. The summed E-state index contributed by atoms with van der Waals surface area (Å²) in [5.41, 5.74) is 1.88. The van der Waals surface area contributed by atoms with Gasteiger partial charge in [0, 0.05) is 18.2 Å². The number of carbonyl (C=O) groups is 1. The lowest BCUT2D eigenvalue weighted by Crippen LogP contribution is -2.22. The zero-order valence-corrected chi connectivity index (χ0v) is 15.7. The maximum absolute atomic E-state index is 12.1. The second-order valence-electron chi connectivity index (χ2n) is 6.85. The molecule has 0 atom stereocenters. The van der Waals surface area contributed by atoms with E-state index in [0.29, 0.717) is 29.0 Å². The van der Waals surface area contributed by atoms with E-state index in [-0.39, 0.29) is 18.2 Å². The van der Waals surface area contributed by atoms with E-state index in [1.165, 1.54) is 6.21 Å². The van der Waals surface area contributed by atoms with E-state index in [2.05, 4.69) is 0 Å². The molecular weight excluding hydrogens is 330 g/mol. The molecule has 0 amide bonds. The monoisotopic (exact) mass is 355 g/mol. The van der Waals surface area contributed by atoms with E-state index in [0.717, 1.165) is 5.56 Å². The number of methoxy groups -OCH3 is 1. The van der Waals surface area contributed by atoms with Crippen LogP contribution in [-0.4, -0.2) is 31.5 Å². The summed E-state index contributed by atoms with van der Waals surface area (Å²) in [6, 6.07) is 12.5. The summed E-state index contributed by atoms with van der Waals surface area (Å²) in [5, 5.41) is 7.41. The summed E-state index contributed by atoms with van der Waals surface area (Å²) < 4.78 is 16.3. The van der Waals surface area contributed by atoms with Crippen molar-refractivity contribution in [3.8, 4) is 11.5 Å². The Morgan fingerprint density at radius 1 is 1.12 bits per heavy atom. The van der Waals surface area contributed by atoms with Crippen molar-refractivity contribution in [3.05, 3.63) is 59.2 Å². The van der Waals surface area contributed by atoms with Gasteiger partial charge in [0.05, 0.1) is 19.3 Å². The van der Waals surface area contributed by atoms with Crippen LogP contribution in [0.25, 0.3) is 0 Å². The first kappa shape index (κ1) is 19.5. The van der Waals surface area contributed by atoms with Crippen molar-refractivity contribution in [2.45, 2.75) is 32.8 Å². The summed E-state index contributed by atoms with van der Waals surface area (Å²) in [4.78, 5) is 12.1. The van der Waals surface area contributed by atoms with E-state index >= 15 is 0 Å².